The van der Waals surface area contributed by atoms with Gasteiger partial charge in [-0.25, -0.2) is 0 Å². The molecular formula is C15H18ClNO3. The molecule has 1 amide bonds. The fourth-order valence-electron chi connectivity index (χ4n) is 2.63. The lowest BCUT2D eigenvalue weighted by molar-refractivity contribution is -0.141. The molecule has 0 aliphatic heterocycles. The number of hydrogen-bond donors (Lipinski definition) is 2. The monoisotopic (exact) mass is 295 g/mol. The van der Waals surface area contributed by atoms with Gasteiger partial charge in [0.15, 0.2) is 0 Å². The highest BCUT2D eigenvalue weighted by Gasteiger charge is 2.34. The molecule has 1 aromatic rings. The lowest BCUT2D eigenvalue weighted by Crippen LogP contribution is -2.32. The van der Waals surface area contributed by atoms with Gasteiger partial charge in [-0.3, -0.25) is 9.59 Å². The second-order valence-corrected chi connectivity index (χ2v) is 5.77. The maximum Gasteiger partial charge on any atom is 0.306 e. The molecule has 20 heavy (non-hydrogen) atoms. The highest BCUT2D eigenvalue weighted by molar-refractivity contribution is 6.30. The van der Waals surface area contributed by atoms with Crippen molar-refractivity contribution >= 4 is 23.5 Å². The number of carbonyl (C=O) groups is 2. The average molecular weight is 296 g/mol. The molecule has 3 atom stereocenters. The molecule has 0 saturated heterocycles. The summed E-state index contributed by atoms with van der Waals surface area (Å²) in [5, 5.41) is 12.5. The molecule has 1 aliphatic rings. The quantitative estimate of drug-likeness (QED) is 0.897. The van der Waals surface area contributed by atoms with Crippen LogP contribution in [0.3, 0.4) is 0 Å². The van der Waals surface area contributed by atoms with Crippen molar-refractivity contribution in [3.63, 3.8) is 0 Å². The number of carboxylic acids is 1. The number of amides is 1. The molecule has 0 spiro atoms. The van der Waals surface area contributed by atoms with Gasteiger partial charge in [-0.15, -0.1) is 0 Å². The zero-order valence-electron chi connectivity index (χ0n) is 11.3. The second-order valence-electron chi connectivity index (χ2n) is 5.33. The zero-order chi connectivity index (χ0) is 14.7. The Morgan fingerprint density at radius 3 is 2.65 bits per heavy atom. The Bertz CT molecular complexity index is 518. The Balaban J connectivity index is 1.93. The summed E-state index contributed by atoms with van der Waals surface area (Å²) in [6.45, 7) is 1.90. The van der Waals surface area contributed by atoms with Crippen molar-refractivity contribution in [2.45, 2.75) is 32.2 Å². The van der Waals surface area contributed by atoms with Crippen LogP contribution in [-0.4, -0.2) is 17.0 Å². The summed E-state index contributed by atoms with van der Waals surface area (Å²) in [6, 6.07) is 7.22. The van der Waals surface area contributed by atoms with E-state index in [2.05, 4.69) is 5.32 Å². The maximum atomic E-state index is 12.1. The molecule has 4 nitrogen and oxygen atoms in total. The molecule has 0 bridgehead atoms. The first-order valence-corrected chi connectivity index (χ1v) is 7.14. The Labute approximate surface area is 123 Å². The van der Waals surface area contributed by atoms with Gasteiger partial charge in [0.2, 0.25) is 5.91 Å². The van der Waals surface area contributed by atoms with Crippen molar-refractivity contribution in [1.29, 1.82) is 0 Å². The highest BCUT2D eigenvalue weighted by atomic mass is 35.5. The maximum absolute atomic E-state index is 12.1. The summed E-state index contributed by atoms with van der Waals surface area (Å²) < 4.78 is 0. The number of carbonyl (C=O) groups excluding carboxylic acids is 1. The molecule has 5 heteroatoms. The lowest BCUT2D eigenvalue weighted by atomic mass is 10.0. The fourth-order valence-corrected chi connectivity index (χ4v) is 2.83. The van der Waals surface area contributed by atoms with Crippen molar-refractivity contribution < 1.29 is 14.7 Å². The number of carboxylic acid groups (broad SMARTS) is 1. The molecule has 0 heterocycles. The molecule has 1 aromatic carbocycles. The summed E-state index contributed by atoms with van der Waals surface area (Å²) in [5.41, 5.74) is 0.943. The van der Waals surface area contributed by atoms with Crippen LogP contribution in [0.4, 0.5) is 0 Å². The number of hydrogen-bond acceptors (Lipinski definition) is 2. The predicted octanol–water partition coefficient (Wildman–Crippen LogP) is 3.02. The molecule has 0 radical (unpaired) electrons. The first-order chi connectivity index (χ1) is 9.47. The summed E-state index contributed by atoms with van der Waals surface area (Å²) in [6.07, 6.45) is 1.66. The topological polar surface area (TPSA) is 66.4 Å². The molecule has 1 unspecified atom stereocenters. The van der Waals surface area contributed by atoms with Gasteiger partial charge in [0.05, 0.1) is 12.0 Å². The van der Waals surface area contributed by atoms with E-state index in [0.29, 0.717) is 24.3 Å². The summed E-state index contributed by atoms with van der Waals surface area (Å²) >= 11 is 5.93. The van der Waals surface area contributed by atoms with E-state index in [1.807, 2.05) is 25.1 Å². The molecule has 2 N–H and O–H groups in total. The first kappa shape index (κ1) is 14.9. The number of aliphatic carboxylic acids is 1. The summed E-state index contributed by atoms with van der Waals surface area (Å²) in [5.74, 6) is -1.45. The minimum absolute atomic E-state index is 0.0683. The normalized spacial score (nSPS) is 23.3. The van der Waals surface area contributed by atoms with Crippen molar-refractivity contribution in [1.82, 2.24) is 5.32 Å². The van der Waals surface area contributed by atoms with E-state index in [9.17, 15) is 9.59 Å². The fraction of sp³-hybridized carbons (Fsp3) is 0.467. The van der Waals surface area contributed by atoms with E-state index in [1.54, 1.807) is 6.07 Å². The van der Waals surface area contributed by atoms with Crippen LogP contribution < -0.4 is 5.32 Å². The number of nitrogens with one attached hydrogen (secondary N) is 1. The minimum atomic E-state index is -0.803. The van der Waals surface area contributed by atoms with E-state index in [0.717, 1.165) is 5.56 Å². The zero-order valence-corrected chi connectivity index (χ0v) is 12.1. The SMILES string of the molecule is CC(NC(=O)[C@@H]1CC[C@H](C(=O)O)C1)c1cccc(Cl)c1. The predicted molar refractivity (Wildman–Crippen MR) is 76.5 cm³/mol. The van der Waals surface area contributed by atoms with Gasteiger partial charge in [-0.05, 0) is 43.9 Å². The van der Waals surface area contributed by atoms with Crippen LogP contribution in [0.1, 0.15) is 37.8 Å². The number of halogens is 1. The average Bonchev–Trinajstić information content (AvgIpc) is 2.88. The van der Waals surface area contributed by atoms with Crippen molar-refractivity contribution in [2.75, 3.05) is 0 Å². The van der Waals surface area contributed by atoms with Crippen molar-refractivity contribution in [2.24, 2.45) is 11.8 Å². The van der Waals surface area contributed by atoms with Crippen molar-refractivity contribution in [3.05, 3.63) is 34.9 Å². The van der Waals surface area contributed by atoms with Gasteiger partial charge in [0, 0.05) is 10.9 Å². The summed E-state index contributed by atoms with van der Waals surface area (Å²) in [4.78, 5) is 23.0. The Morgan fingerprint density at radius 1 is 1.35 bits per heavy atom. The standard InChI is InChI=1S/C15H18ClNO3/c1-9(10-3-2-4-13(16)8-10)17-14(18)11-5-6-12(7-11)15(19)20/h2-4,8-9,11-12H,5-7H2,1H3,(H,17,18)(H,19,20)/t9?,11-,12+/m1/s1. The molecule has 108 valence electrons. The van der Waals surface area contributed by atoms with E-state index < -0.39 is 5.97 Å². The van der Waals surface area contributed by atoms with Crippen molar-refractivity contribution in [3.8, 4) is 0 Å². The minimum Gasteiger partial charge on any atom is -0.481 e. The number of benzene rings is 1. The summed E-state index contributed by atoms with van der Waals surface area (Å²) in [7, 11) is 0. The molecule has 1 saturated carbocycles. The van der Waals surface area contributed by atoms with Crippen LogP contribution in [0.15, 0.2) is 24.3 Å². The van der Waals surface area contributed by atoms with Crippen LogP contribution in [0.5, 0.6) is 0 Å². The van der Waals surface area contributed by atoms with Crippen LogP contribution in [0, 0.1) is 11.8 Å². The third-order valence-corrected chi connectivity index (χ3v) is 4.10. The molecular weight excluding hydrogens is 278 g/mol. The second kappa shape index (κ2) is 6.27. The van der Waals surface area contributed by atoms with Gasteiger partial charge < -0.3 is 10.4 Å². The molecule has 1 fully saturated rings. The van der Waals surface area contributed by atoms with Crippen LogP contribution >= 0.6 is 11.6 Å². The Hall–Kier alpha value is -1.55. The third-order valence-electron chi connectivity index (χ3n) is 3.86. The van der Waals surface area contributed by atoms with Gasteiger partial charge in [-0.1, -0.05) is 23.7 Å². The van der Waals surface area contributed by atoms with E-state index >= 15 is 0 Å². The third kappa shape index (κ3) is 3.51. The lowest BCUT2D eigenvalue weighted by Gasteiger charge is -2.17. The highest BCUT2D eigenvalue weighted by Crippen LogP contribution is 2.31. The molecule has 0 aromatic heterocycles. The van der Waals surface area contributed by atoms with Gasteiger partial charge in [0.25, 0.3) is 0 Å². The smallest absolute Gasteiger partial charge is 0.306 e. The molecule has 2 rings (SSSR count). The van der Waals surface area contributed by atoms with Gasteiger partial charge >= 0.3 is 5.97 Å². The van der Waals surface area contributed by atoms with Gasteiger partial charge in [0.1, 0.15) is 0 Å². The van der Waals surface area contributed by atoms with E-state index in [-0.39, 0.29) is 23.8 Å². The van der Waals surface area contributed by atoms with Crippen LogP contribution in [0.2, 0.25) is 5.02 Å². The van der Waals surface area contributed by atoms with E-state index in [1.165, 1.54) is 0 Å². The first-order valence-electron chi connectivity index (χ1n) is 6.76. The number of rotatable bonds is 4. The molecule has 1 aliphatic carbocycles. The van der Waals surface area contributed by atoms with E-state index in [4.69, 9.17) is 16.7 Å². The Morgan fingerprint density at radius 2 is 2.05 bits per heavy atom. The van der Waals surface area contributed by atoms with Crippen LogP contribution in [-0.2, 0) is 9.59 Å². The van der Waals surface area contributed by atoms with Gasteiger partial charge in [-0.2, -0.15) is 0 Å². The van der Waals surface area contributed by atoms with Crippen LogP contribution in [0.25, 0.3) is 0 Å². The largest absolute Gasteiger partial charge is 0.481 e. The Kier molecular flexibility index (Phi) is 4.65.